The molecule has 4 heterocycles. The standard InChI is InChI=1S/C25H29N5O5/c31-14-19(12-21-23(32)24(33)27-15-26-21)30-13-18-11-20(28-22(18)25(30)34)17-3-1-16(2-4-17)5-6-29-7-9-35-10-8-29/h1-4,11,15,19,22,31-32H,5-10,12-14H2,(H,26,27,33). The van der Waals surface area contributed by atoms with Gasteiger partial charge in [0, 0.05) is 32.6 Å². The van der Waals surface area contributed by atoms with Crippen LogP contribution in [0.4, 0.5) is 0 Å². The Morgan fingerprint density at radius 2 is 1.94 bits per heavy atom. The number of morpholine rings is 1. The van der Waals surface area contributed by atoms with Crippen molar-refractivity contribution >= 4 is 11.6 Å². The minimum atomic E-state index is -0.652. The maximum atomic E-state index is 13.1. The van der Waals surface area contributed by atoms with Crippen LogP contribution in [0.5, 0.6) is 5.75 Å². The molecule has 35 heavy (non-hydrogen) atoms. The lowest BCUT2D eigenvalue weighted by Crippen LogP contribution is -2.42. The van der Waals surface area contributed by atoms with Crippen LogP contribution < -0.4 is 5.56 Å². The van der Waals surface area contributed by atoms with Gasteiger partial charge in [0.25, 0.3) is 11.5 Å². The molecule has 3 aliphatic rings. The highest BCUT2D eigenvalue weighted by molar-refractivity contribution is 6.14. The van der Waals surface area contributed by atoms with Crippen molar-refractivity contribution in [2.45, 2.75) is 24.9 Å². The summed E-state index contributed by atoms with van der Waals surface area (Å²) >= 11 is 0. The number of carbonyl (C=O) groups is 1. The average molecular weight is 480 g/mol. The zero-order valence-corrected chi connectivity index (χ0v) is 19.4. The number of likely N-dealkylation sites (tertiary alicyclic amines) is 1. The largest absolute Gasteiger partial charge is 0.502 e. The fourth-order valence-electron chi connectivity index (χ4n) is 4.79. The molecule has 184 valence electrons. The fraction of sp³-hybridized carbons (Fsp3) is 0.440. The second-order valence-corrected chi connectivity index (χ2v) is 9.07. The number of aromatic nitrogens is 2. The third-order valence-corrected chi connectivity index (χ3v) is 6.87. The van der Waals surface area contributed by atoms with Crippen LogP contribution in [0.2, 0.25) is 0 Å². The molecule has 1 aromatic carbocycles. The molecule has 10 heteroatoms. The minimum absolute atomic E-state index is 0.0699. The van der Waals surface area contributed by atoms with Gasteiger partial charge in [0.05, 0.1) is 43.6 Å². The summed E-state index contributed by atoms with van der Waals surface area (Å²) in [6.45, 7) is 4.59. The van der Waals surface area contributed by atoms with Crippen molar-refractivity contribution in [3.8, 4) is 5.75 Å². The number of fused-ring (bicyclic) bond motifs is 1. The summed E-state index contributed by atoms with van der Waals surface area (Å²) < 4.78 is 5.40. The molecular formula is C25H29N5O5. The first kappa shape index (κ1) is 23.4. The first-order valence-corrected chi connectivity index (χ1v) is 11.9. The van der Waals surface area contributed by atoms with Crippen molar-refractivity contribution in [1.82, 2.24) is 19.8 Å². The molecule has 2 unspecified atom stereocenters. The van der Waals surface area contributed by atoms with Gasteiger partial charge in [-0.05, 0) is 29.2 Å². The van der Waals surface area contributed by atoms with E-state index in [4.69, 9.17) is 4.74 Å². The highest BCUT2D eigenvalue weighted by Gasteiger charge is 2.42. The Hall–Kier alpha value is -3.34. The number of aliphatic hydroxyl groups excluding tert-OH is 1. The second kappa shape index (κ2) is 10.1. The van der Waals surface area contributed by atoms with Gasteiger partial charge in [-0.2, -0.15) is 0 Å². The monoisotopic (exact) mass is 479 g/mol. The number of H-pyrrole nitrogens is 1. The highest BCUT2D eigenvalue weighted by atomic mass is 16.5. The van der Waals surface area contributed by atoms with Gasteiger partial charge in [-0.3, -0.25) is 19.5 Å². The minimum Gasteiger partial charge on any atom is -0.502 e. The van der Waals surface area contributed by atoms with Crippen molar-refractivity contribution in [2.75, 3.05) is 46.0 Å². The van der Waals surface area contributed by atoms with E-state index >= 15 is 0 Å². The molecule has 2 atom stereocenters. The number of hydrogen-bond acceptors (Lipinski definition) is 8. The van der Waals surface area contributed by atoms with E-state index in [1.807, 2.05) is 18.2 Å². The van der Waals surface area contributed by atoms with E-state index in [1.165, 1.54) is 11.9 Å². The van der Waals surface area contributed by atoms with Crippen LogP contribution in [0.1, 0.15) is 16.8 Å². The van der Waals surface area contributed by atoms with Gasteiger partial charge in [-0.15, -0.1) is 0 Å². The number of nitrogens with zero attached hydrogens (tertiary/aromatic N) is 4. The smallest absolute Gasteiger partial charge is 0.293 e. The third-order valence-electron chi connectivity index (χ3n) is 6.87. The molecule has 2 fully saturated rings. The Labute approximate surface area is 202 Å². The lowest BCUT2D eigenvalue weighted by molar-refractivity contribution is -0.131. The average Bonchev–Trinajstić information content (AvgIpc) is 3.44. The first-order chi connectivity index (χ1) is 17.0. The van der Waals surface area contributed by atoms with E-state index < -0.39 is 23.4 Å². The van der Waals surface area contributed by atoms with Gasteiger partial charge < -0.3 is 24.8 Å². The third kappa shape index (κ3) is 4.90. The van der Waals surface area contributed by atoms with Crippen molar-refractivity contribution in [2.24, 2.45) is 4.99 Å². The van der Waals surface area contributed by atoms with Crippen molar-refractivity contribution in [3.05, 3.63) is 69.4 Å². The van der Waals surface area contributed by atoms with E-state index in [0.717, 1.165) is 56.1 Å². The summed E-state index contributed by atoms with van der Waals surface area (Å²) in [7, 11) is 0. The van der Waals surface area contributed by atoms with Crippen LogP contribution in [-0.2, 0) is 22.4 Å². The summed E-state index contributed by atoms with van der Waals surface area (Å²) in [5, 5.41) is 19.9. The summed E-state index contributed by atoms with van der Waals surface area (Å²) in [6, 6.07) is 7.11. The number of nitrogens with one attached hydrogen (secondary N) is 1. The SMILES string of the molecule is O=C1C2N=C(c3ccc(CCN4CCOCC4)cc3)C=C2CN1C(CO)Cc1nc[nH]c(=O)c1O. The number of amides is 1. The summed E-state index contributed by atoms with van der Waals surface area (Å²) in [5.74, 6) is -0.692. The topological polar surface area (TPSA) is 131 Å². The van der Waals surface area contributed by atoms with Crippen molar-refractivity contribution < 1.29 is 19.7 Å². The number of carbonyl (C=O) groups excluding carboxylic acids is 1. The number of hydrogen-bond donors (Lipinski definition) is 3. The molecule has 1 aromatic heterocycles. The van der Waals surface area contributed by atoms with Gasteiger partial charge in [0.2, 0.25) is 5.75 Å². The maximum Gasteiger partial charge on any atom is 0.293 e. The van der Waals surface area contributed by atoms with Gasteiger partial charge >= 0.3 is 0 Å². The first-order valence-electron chi connectivity index (χ1n) is 11.9. The van der Waals surface area contributed by atoms with E-state index in [2.05, 4.69) is 32.0 Å². The fourth-order valence-corrected chi connectivity index (χ4v) is 4.79. The molecule has 3 N–H and O–H groups in total. The molecule has 0 aliphatic carbocycles. The number of aromatic hydroxyl groups is 1. The molecule has 0 radical (unpaired) electrons. The number of aromatic amines is 1. The Morgan fingerprint density at radius 1 is 1.17 bits per heavy atom. The number of allylic oxidation sites excluding steroid dienone is 1. The number of aliphatic imine (C=N–C) groups is 1. The van der Waals surface area contributed by atoms with Crippen LogP contribution in [0.25, 0.3) is 0 Å². The molecule has 1 amide bonds. The number of rotatable bonds is 8. The molecule has 2 aromatic rings. The molecule has 10 nitrogen and oxygen atoms in total. The maximum absolute atomic E-state index is 13.1. The Bertz CT molecular complexity index is 1200. The molecule has 0 saturated carbocycles. The van der Waals surface area contributed by atoms with Crippen LogP contribution in [0.15, 0.2) is 52.0 Å². The molecular weight excluding hydrogens is 450 g/mol. The van der Waals surface area contributed by atoms with Gasteiger partial charge in [-0.1, -0.05) is 24.3 Å². The number of benzene rings is 1. The van der Waals surface area contributed by atoms with Crippen LogP contribution in [-0.4, -0.2) is 99.7 Å². The van der Waals surface area contributed by atoms with Gasteiger partial charge in [0.15, 0.2) is 6.04 Å². The lowest BCUT2D eigenvalue weighted by Gasteiger charge is -2.26. The zero-order chi connectivity index (χ0) is 24.4. The highest BCUT2D eigenvalue weighted by Crippen LogP contribution is 2.30. The molecule has 0 bridgehead atoms. The summed E-state index contributed by atoms with van der Waals surface area (Å²) in [4.78, 5) is 39.6. The van der Waals surface area contributed by atoms with Crippen LogP contribution in [0.3, 0.4) is 0 Å². The van der Waals surface area contributed by atoms with Crippen LogP contribution in [0, 0.1) is 0 Å². The second-order valence-electron chi connectivity index (χ2n) is 9.07. The lowest BCUT2D eigenvalue weighted by atomic mass is 10.0. The predicted molar refractivity (Wildman–Crippen MR) is 129 cm³/mol. The molecule has 0 spiro atoms. The summed E-state index contributed by atoms with van der Waals surface area (Å²) in [6.07, 6.45) is 4.19. The Kier molecular flexibility index (Phi) is 6.76. The van der Waals surface area contributed by atoms with E-state index in [1.54, 1.807) is 4.90 Å². The van der Waals surface area contributed by atoms with E-state index in [-0.39, 0.29) is 24.6 Å². The van der Waals surface area contributed by atoms with E-state index in [9.17, 15) is 19.8 Å². The van der Waals surface area contributed by atoms with E-state index in [0.29, 0.717) is 6.54 Å². The van der Waals surface area contributed by atoms with Crippen molar-refractivity contribution in [1.29, 1.82) is 0 Å². The van der Waals surface area contributed by atoms with Gasteiger partial charge in [0.1, 0.15) is 0 Å². The van der Waals surface area contributed by atoms with Crippen LogP contribution >= 0.6 is 0 Å². The quantitative estimate of drug-likeness (QED) is 0.482. The zero-order valence-electron chi connectivity index (χ0n) is 19.4. The normalized spacial score (nSPS) is 21.1. The number of ether oxygens (including phenoxy) is 1. The Morgan fingerprint density at radius 3 is 2.66 bits per heavy atom. The van der Waals surface area contributed by atoms with Crippen molar-refractivity contribution in [3.63, 3.8) is 0 Å². The molecule has 5 rings (SSSR count). The summed E-state index contributed by atoms with van der Waals surface area (Å²) in [5.41, 5.74) is 3.38. The molecule has 2 saturated heterocycles. The number of aliphatic hydroxyl groups is 1. The Balaban J connectivity index is 1.22. The van der Waals surface area contributed by atoms with Gasteiger partial charge in [-0.25, -0.2) is 4.98 Å². The predicted octanol–water partition coefficient (Wildman–Crippen LogP) is -0.106. The molecule has 3 aliphatic heterocycles.